The van der Waals surface area contributed by atoms with Crippen LogP contribution in [0, 0.1) is 0 Å². The Morgan fingerprint density at radius 2 is 1.42 bits per heavy atom. The van der Waals surface area contributed by atoms with E-state index in [1.165, 1.54) is 39.1 Å². The van der Waals surface area contributed by atoms with Crippen molar-refractivity contribution in [2.24, 2.45) is 0 Å². The Labute approximate surface area is 196 Å². The minimum atomic E-state index is -0.0390. The molecule has 1 aliphatic heterocycles. The summed E-state index contributed by atoms with van der Waals surface area (Å²) < 4.78 is 0. The Morgan fingerprint density at radius 1 is 0.727 bits per heavy atom. The number of nitrogens with one attached hydrogen (secondary N) is 1. The molecule has 0 saturated carbocycles. The van der Waals surface area contributed by atoms with Gasteiger partial charge in [-0.25, -0.2) is 0 Å². The van der Waals surface area contributed by atoms with Gasteiger partial charge in [0, 0.05) is 54.6 Å². The molecule has 1 aromatic heterocycles. The number of rotatable bonds is 3. The number of nitrogens with zero attached hydrogens (tertiary/aromatic N) is 2. The average molecular weight is 432 g/mol. The summed E-state index contributed by atoms with van der Waals surface area (Å²) in [7, 11) is 0. The summed E-state index contributed by atoms with van der Waals surface area (Å²) in [5, 5.41) is 3.42. The molecule has 2 aliphatic rings. The van der Waals surface area contributed by atoms with Crippen LogP contribution < -0.4 is 10.2 Å². The molecule has 0 radical (unpaired) electrons. The molecule has 0 amide bonds. The zero-order valence-electron chi connectivity index (χ0n) is 19.3. The van der Waals surface area contributed by atoms with Crippen LogP contribution in [0.1, 0.15) is 25.0 Å². The normalized spacial score (nSPS) is 16.4. The first-order chi connectivity index (χ1) is 16.1. The van der Waals surface area contributed by atoms with Gasteiger partial charge in [0.15, 0.2) is 0 Å². The lowest BCUT2D eigenvalue weighted by Crippen LogP contribution is -2.43. The first kappa shape index (κ1) is 20.2. The van der Waals surface area contributed by atoms with Crippen LogP contribution in [0.25, 0.3) is 33.5 Å². The van der Waals surface area contributed by atoms with E-state index in [4.69, 9.17) is 4.98 Å². The number of fused-ring (bicyclic) bond motifs is 3. The fourth-order valence-corrected chi connectivity index (χ4v) is 5.57. The average Bonchev–Trinajstić information content (AvgIpc) is 3.12. The number of pyridine rings is 1. The van der Waals surface area contributed by atoms with Gasteiger partial charge >= 0.3 is 0 Å². The first-order valence-corrected chi connectivity index (χ1v) is 11.9. The van der Waals surface area contributed by atoms with Crippen molar-refractivity contribution in [3.8, 4) is 33.5 Å². The monoisotopic (exact) mass is 431 g/mol. The second-order valence-corrected chi connectivity index (χ2v) is 9.61. The number of hydrogen-bond acceptors (Lipinski definition) is 3. The van der Waals surface area contributed by atoms with E-state index < -0.39 is 0 Å². The maximum atomic E-state index is 4.92. The van der Waals surface area contributed by atoms with E-state index in [1.807, 2.05) is 6.20 Å². The van der Waals surface area contributed by atoms with E-state index in [9.17, 15) is 0 Å². The van der Waals surface area contributed by atoms with Gasteiger partial charge in [-0.15, -0.1) is 0 Å². The van der Waals surface area contributed by atoms with E-state index in [2.05, 4.69) is 103 Å². The zero-order chi connectivity index (χ0) is 22.4. The van der Waals surface area contributed by atoms with Crippen LogP contribution in [0.15, 0.2) is 85.1 Å². The van der Waals surface area contributed by atoms with Crippen molar-refractivity contribution >= 4 is 5.69 Å². The van der Waals surface area contributed by atoms with Gasteiger partial charge < -0.3 is 10.2 Å². The quantitative estimate of drug-likeness (QED) is 0.423. The molecule has 1 saturated heterocycles. The third-order valence-electron chi connectivity index (χ3n) is 7.30. The largest absolute Gasteiger partial charge is 0.369 e. The molecule has 0 atom stereocenters. The molecule has 1 N–H and O–H groups in total. The lowest BCUT2D eigenvalue weighted by Gasteiger charge is -2.29. The topological polar surface area (TPSA) is 28.2 Å². The minimum Gasteiger partial charge on any atom is -0.369 e. The Bertz CT molecular complexity index is 1300. The highest BCUT2D eigenvalue weighted by molar-refractivity contribution is 5.87. The summed E-state index contributed by atoms with van der Waals surface area (Å²) in [6, 6.07) is 28.7. The van der Waals surface area contributed by atoms with Crippen LogP contribution in [0.5, 0.6) is 0 Å². The maximum absolute atomic E-state index is 4.92. The van der Waals surface area contributed by atoms with Crippen LogP contribution in [0.2, 0.25) is 0 Å². The van der Waals surface area contributed by atoms with Gasteiger partial charge in [-0.05, 0) is 46.0 Å². The van der Waals surface area contributed by atoms with Gasteiger partial charge in [0.1, 0.15) is 0 Å². The maximum Gasteiger partial charge on any atom is 0.0705 e. The Hall–Kier alpha value is -3.43. The second kappa shape index (κ2) is 7.86. The molecule has 2 heterocycles. The fourth-order valence-electron chi connectivity index (χ4n) is 5.57. The van der Waals surface area contributed by atoms with Crippen LogP contribution in [-0.4, -0.2) is 31.2 Å². The molecule has 4 aromatic rings. The summed E-state index contributed by atoms with van der Waals surface area (Å²) >= 11 is 0. The third kappa shape index (κ3) is 3.35. The van der Waals surface area contributed by atoms with Gasteiger partial charge in [0.25, 0.3) is 0 Å². The second-order valence-electron chi connectivity index (χ2n) is 9.61. The van der Waals surface area contributed by atoms with Crippen molar-refractivity contribution in [2.75, 3.05) is 31.1 Å². The number of piperazine rings is 1. The predicted octanol–water partition coefficient (Wildman–Crippen LogP) is 6.13. The molecule has 3 aromatic carbocycles. The third-order valence-corrected chi connectivity index (χ3v) is 7.30. The molecule has 33 heavy (non-hydrogen) atoms. The molecule has 164 valence electrons. The van der Waals surface area contributed by atoms with E-state index in [0.29, 0.717) is 0 Å². The smallest absolute Gasteiger partial charge is 0.0705 e. The molecule has 0 unspecified atom stereocenters. The van der Waals surface area contributed by atoms with E-state index >= 15 is 0 Å². The van der Waals surface area contributed by atoms with Crippen molar-refractivity contribution in [3.05, 3.63) is 96.2 Å². The zero-order valence-corrected chi connectivity index (χ0v) is 19.3. The Morgan fingerprint density at radius 3 is 2.18 bits per heavy atom. The number of benzene rings is 3. The van der Waals surface area contributed by atoms with Gasteiger partial charge in [0.2, 0.25) is 0 Å². The van der Waals surface area contributed by atoms with Gasteiger partial charge in [0.05, 0.1) is 5.69 Å². The minimum absolute atomic E-state index is 0.0390. The highest BCUT2D eigenvalue weighted by atomic mass is 15.2. The van der Waals surface area contributed by atoms with E-state index in [0.717, 1.165) is 37.4 Å². The van der Waals surface area contributed by atoms with Gasteiger partial charge in [-0.2, -0.15) is 0 Å². The van der Waals surface area contributed by atoms with Crippen molar-refractivity contribution in [2.45, 2.75) is 19.3 Å². The number of aromatic nitrogens is 1. The van der Waals surface area contributed by atoms with Gasteiger partial charge in [-0.3, -0.25) is 4.98 Å². The predicted molar refractivity (Wildman–Crippen MR) is 138 cm³/mol. The van der Waals surface area contributed by atoms with Crippen molar-refractivity contribution in [1.29, 1.82) is 0 Å². The molecule has 0 spiro atoms. The fraction of sp³-hybridized carbons (Fsp3) is 0.233. The van der Waals surface area contributed by atoms with Crippen molar-refractivity contribution < 1.29 is 0 Å². The van der Waals surface area contributed by atoms with Crippen LogP contribution in [-0.2, 0) is 5.41 Å². The lowest BCUT2D eigenvalue weighted by molar-refractivity contribution is 0.589. The van der Waals surface area contributed by atoms with E-state index in [1.54, 1.807) is 0 Å². The summed E-state index contributed by atoms with van der Waals surface area (Å²) in [5.74, 6) is 0. The Kier molecular flexibility index (Phi) is 4.81. The van der Waals surface area contributed by atoms with Crippen molar-refractivity contribution in [3.63, 3.8) is 0 Å². The summed E-state index contributed by atoms with van der Waals surface area (Å²) in [6.45, 7) is 8.90. The molecular weight excluding hydrogens is 402 g/mol. The van der Waals surface area contributed by atoms with Gasteiger partial charge in [-0.1, -0.05) is 74.5 Å². The molecular formula is C30H29N3. The van der Waals surface area contributed by atoms with E-state index in [-0.39, 0.29) is 5.41 Å². The molecule has 6 rings (SSSR count). The SMILES string of the molecule is CC1(C)c2ccccc2-c2cccc(-c3ccc(-c4ccc(N5CCNCC5)cc4)cn3)c21. The lowest BCUT2D eigenvalue weighted by atomic mass is 9.79. The van der Waals surface area contributed by atoms with Crippen LogP contribution >= 0.6 is 0 Å². The molecule has 1 fully saturated rings. The first-order valence-electron chi connectivity index (χ1n) is 11.9. The highest BCUT2D eigenvalue weighted by Crippen LogP contribution is 2.51. The highest BCUT2D eigenvalue weighted by Gasteiger charge is 2.37. The molecule has 3 heteroatoms. The van der Waals surface area contributed by atoms with Crippen molar-refractivity contribution in [1.82, 2.24) is 10.3 Å². The summed E-state index contributed by atoms with van der Waals surface area (Å²) in [5.41, 5.74) is 11.3. The molecule has 0 bridgehead atoms. The number of hydrogen-bond donors (Lipinski definition) is 1. The standard InChI is InChI=1S/C30H29N3/c1-30(2)27-9-4-3-6-24(27)25-7-5-8-26(29(25)30)28-15-12-22(20-32-28)21-10-13-23(14-11-21)33-18-16-31-17-19-33/h3-15,20,31H,16-19H2,1-2H3. The molecule has 3 nitrogen and oxygen atoms in total. The Balaban J connectivity index is 1.32. The number of anilines is 1. The molecule has 1 aliphatic carbocycles. The van der Waals surface area contributed by atoms with Crippen LogP contribution in [0.3, 0.4) is 0 Å². The van der Waals surface area contributed by atoms with Crippen LogP contribution in [0.4, 0.5) is 5.69 Å². The summed E-state index contributed by atoms with van der Waals surface area (Å²) in [4.78, 5) is 7.37. The summed E-state index contributed by atoms with van der Waals surface area (Å²) in [6.07, 6.45) is 2.02.